The van der Waals surface area contributed by atoms with Crippen molar-refractivity contribution in [3.8, 4) is 0 Å². The van der Waals surface area contributed by atoms with Gasteiger partial charge in [0.2, 0.25) is 0 Å². The van der Waals surface area contributed by atoms with Gasteiger partial charge in [-0.25, -0.2) is 0 Å². The number of benzene rings is 1. The summed E-state index contributed by atoms with van der Waals surface area (Å²) >= 11 is 5.90. The molecule has 1 atom stereocenters. The van der Waals surface area contributed by atoms with E-state index in [1.165, 1.54) is 4.90 Å². The molecule has 1 aliphatic rings. The maximum atomic E-state index is 12.7. The van der Waals surface area contributed by atoms with Crippen LogP contribution in [0.25, 0.3) is 5.76 Å². The van der Waals surface area contributed by atoms with Crippen LogP contribution in [0, 0.1) is 0 Å². The van der Waals surface area contributed by atoms with Gasteiger partial charge in [-0.2, -0.15) is 0 Å². The van der Waals surface area contributed by atoms with Crippen LogP contribution in [0.3, 0.4) is 0 Å². The molecule has 134 valence electrons. The number of aliphatic hydroxyl groups is 1. The average molecular weight is 371 g/mol. The molecule has 1 N–H and O–H groups in total. The summed E-state index contributed by atoms with van der Waals surface area (Å²) in [5.74, 6) is -1.47. The lowest BCUT2D eigenvalue weighted by Gasteiger charge is -2.24. The molecule has 1 aromatic heterocycles. The normalized spacial score (nSPS) is 19.2. The number of carbonyl (C=O) groups is 2. The van der Waals surface area contributed by atoms with Crippen LogP contribution in [0.2, 0.25) is 5.02 Å². The molecule has 0 saturated carbocycles. The molecule has 2 heterocycles. The number of amides is 1. The highest BCUT2D eigenvalue weighted by atomic mass is 35.5. The van der Waals surface area contributed by atoms with E-state index < -0.39 is 17.7 Å². The lowest BCUT2D eigenvalue weighted by molar-refractivity contribution is -0.139. The molecule has 1 unspecified atom stereocenters. The summed E-state index contributed by atoms with van der Waals surface area (Å²) in [6.07, 6.45) is 4.90. The van der Waals surface area contributed by atoms with Gasteiger partial charge in [0.1, 0.15) is 5.76 Å². The van der Waals surface area contributed by atoms with Gasteiger partial charge >= 0.3 is 0 Å². The Morgan fingerprint density at radius 1 is 1.23 bits per heavy atom. The van der Waals surface area contributed by atoms with E-state index in [2.05, 4.69) is 4.98 Å². The highest BCUT2D eigenvalue weighted by Crippen LogP contribution is 2.39. The van der Waals surface area contributed by atoms with Gasteiger partial charge in [-0.1, -0.05) is 31.0 Å². The van der Waals surface area contributed by atoms with E-state index in [-0.39, 0.29) is 11.3 Å². The third-order valence-corrected chi connectivity index (χ3v) is 4.66. The van der Waals surface area contributed by atoms with Crippen LogP contribution in [0.15, 0.2) is 54.4 Å². The van der Waals surface area contributed by atoms with E-state index in [0.717, 1.165) is 12.8 Å². The largest absolute Gasteiger partial charge is 0.507 e. The molecule has 2 aromatic rings. The van der Waals surface area contributed by atoms with Crippen LogP contribution >= 0.6 is 11.6 Å². The number of ketones is 1. The van der Waals surface area contributed by atoms with Crippen LogP contribution < -0.4 is 0 Å². The molecule has 0 spiro atoms. The molecule has 1 fully saturated rings. The van der Waals surface area contributed by atoms with E-state index >= 15 is 0 Å². The Bertz CT molecular complexity index is 847. The van der Waals surface area contributed by atoms with Gasteiger partial charge in [-0.05, 0) is 42.3 Å². The number of unbranched alkanes of at least 4 members (excludes halogenated alkanes) is 1. The molecule has 26 heavy (non-hydrogen) atoms. The number of nitrogens with zero attached hydrogens (tertiary/aromatic N) is 2. The first-order valence-electron chi connectivity index (χ1n) is 8.49. The van der Waals surface area contributed by atoms with Crippen LogP contribution in [-0.4, -0.2) is 33.2 Å². The molecule has 3 rings (SSSR count). The molecule has 5 nitrogen and oxygen atoms in total. The molecular weight excluding hydrogens is 352 g/mol. The third kappa shape index (κ3) is 3.35. The first-order valence-corrected chi connectivity index (χ1v) is 8.86. The smallest absolute Gasteiger partial charge is 0.295 e. The Labute approximate surface area is 156 Å². The van der Waals surface area contributed by atoms with Gasteiger partial charge < -0.3 is 10.0 Å². The SMILES string of the molecule is CCCCN1C(=O)C(=O)/C(=C(\O)c2ccc(Cl)cc2)C1c1cccnc1. The lowest BCUT2D eigenvalue weighted by Crippen LogP contribution is -2.30. The lowest BCUT2D eigenvalue weighted by atomic mass is 9.96. The first kappa shape index (κ1) is 18.1. The van der Waals surface area contributed by atoms with Crippen LogP contribution in [0.1, 0.15) is 36.9 Å². The summed E-state index contributed by atoms with van der Waals surface area (Å²) in [6.45, 7) is 2.46. The van der Waals surface area contributed by atoms with Crippen molar-refractivity contribution in [2.24, 2.45) is 0 Å². The average Bonchev–Trinajstić information content (AvgIpc) is 2.91. The number of Topliss-reactive ketones (excluding diaryl/α,β-unsaturated/α-hetero) is 1. The third-order valence-electron chi connectivity index (χ3n) is 4.41. The molecular formula is C20H19ClN2O3. The molecule has 0 radical (unpaired) electrons. The van der Waals surface area contributed by atoms with Gasteiger partial charge in [0.05, 0.1) is 11.6 Å². The topological polar surface area (TPSA) is 70.5 Å². The quantitative estimate of drug-likeness (QED) is 0.491. The van der Waals surface area contributed by atoms with E-state index in [1.807, 2.05) is 6.92 Å². The minimum Gasteiger partial charge on any atom is -0.507 e. The van der Waals surface area contributed by atoms with Gasteiger partial charge in [0.15, 0.2) is 0 Å². The van der Waals surface area contributed by atoms with E-state index in [0.29, 0.717) is 22.7 Å². The number of pyridine rings is 1. The summed E-state index contributed by atoms with van der Waals surface area (Å²) in [5.41, 5.74) is 1.22. The highest BCUT2D eigenvalue weighted by Gasteiger charge is 2.45. The molecule has 1 aliphatic heterocycles. The number of aromatic nitrogens is 1. The second kappa shape index (κ2) is 7.70. The van der Waals surface area contributed by atoms with Crippen LogP contribution in [0.4, 0.5) is 0 Å². The zero-order valence-corrected chi connectivity index (χ0v) is 15.1. The zero-order valence-electron chi connectivity index (χ0n) is 14.4. The van der Waals surface area contributed by atoms with Crippen molar-refractivity contribution in [3.63, 3.8) is 0 Å². The number of carbonyl (C=O) groups excluding carboxylic acids is 2. The zero-order chi connectivity index (χ0) is 18.7. The summed E-state index contributed by atoms with van der Waals surface area (Å²) in [6, 6.07) is 9.40. The number of likely N-dealkylation sites (tertiary alicyclic amines) is 1. The predicted molar refractivity (Wildman–Crippen MR) is 99.6 cm³/mol. The van der Waals surface area contributed by atoms with Crippen molar-refractivity contribution < 1.29 is 14.7 Å². The Morgan fingerprint density at radius 2 is 1.96 bits per heavy atom. The Morgan fingerprint density at radius 3 is 2.58 bits per heavy atom. The van der Waals surface area contributed by atoms with E-state index in [1.54, 1.807) is 48.8 Å². The van der Waals surface area contributed by atoms with Crippen molar-refractivity contribution in [3.05, 3.63) is 70.5 Å². The summed E-state index contributed by atoms with van der Waals surface area (Å²) in [4.78, 5) is 30.9. The van der Waals surface area contributed by atoms with E-state index in [4.69, 9.17) is 11.6 Å². The minimum atomic E-state index is -0.678. The fourth-order valence-corrected chi connectivity index (χ4v) is 3.21. The minimum absolute atomic E-state index is 0.0847. The fraction of sp³-hybridized carbons (Fsp3) is 0.250. The molecule has 1 aromatic carbocycles. The van der Waals surface area contributed by atoms with Crippen molar-refractivity contribution in [1.29, 1.82) is 0 Å². The summed E-state index contributed by atoms with van der Waals surface area (Å²) in [7, 11) is 0. The second-order valence-corrected chi connectivity index (χ2v) is 6.58. The molecule has 1 saturated heterocycles. The summed E-state index contributed by atoms with van der Waals surface area (Å²) < 4.78 is 0. The van der Waals surface area contributed by atoms with Crippen LogP contribution in [0.5, 0.6) is 0 Å². The maximum absolute atomic E-state index is 12.7. The summed E-state index contributed by atoms with van der Waals surface area (Å²) in [5, 5.41) is 11.3. The number of aliphatic hydroxyl groups excluding tert-OH is 1. The predicted octanol–water partition coefficient (Wildman–Crippen LogP) is 3.96. The highest BCUT2D eigenvalue weighted by molar-refractivity contribution is 6.46. The Kier molecular flexibility index (Phi) is 5.38. The second-order valence-electron chi connectivity index (χ2n) is 6.14. The van der Waals surface area contributed by atoms with Crippen LogP contribution in [-0.2, 0) is 9.59 Å². The number of halogens is 1. The standard InChI is InChI=1S/C20H19ClN2O3/c1-2-3-11-23-17(14-5-4-10-22-12-14)16(19(25)20(23)26)18(24)13-6-8-15(21)9-7-13/h4-10,12,17,24H,2-3,11H2,1H3/b18-16-. The first-order chi connectivity index (χ1) is 12.5. The number of hydrogen-bond acceptors (Lipinski definition) is 4. The van der Waals surface area contributed by atoms with Crippen molar-refractivity contribution in [1.82, 2.24) is 9.88 Å². The van der Waals surface area contributed by atoms with Gasteiger partial charge in [-0.3, -0.25) is 14.6 Å². The Hall–Kier alpha value is -2.66. The van der Waals surface area contributed by atoms with Gasteiger partial charge in [0.25, 0.3) is 11.7 Å². The van der Waals surface area contributed by atoms with Crippen molar-refractivity contribution in [2.75, 3.05) is 6.54 Å². The van der Waals surface area contributed by atoms with Crippen molar-refractivity contribution >= 4 is 29.1 Å². The Balaban J connectivity index is 2.14. The monoisotopic (exact) mass is 370 g/mol. The molecule has 6 heteroatoms. The van der Waals surface area contributed by atoms with E-state index in [9.17, 15) is 14.7 Å². The van der Waals surface area contributed by atoms with Gasteiger partial charge in [-0.15, -0.1) is 0 Å². The fourth-order valence-electron chi connectivity index (χ4n) is 3.09. The number of rotatable bonds is 5. The number of hydrogen-bond donors (Lipinski definition) is 1. The molecule has 1 amide bonds. The maximum Gasteiger partial charge on any atom is 0.295 e. The van der Waals surface area contributed by atoms with Crippen molar-refractivity contribution in [2.45, 2.75) is 25.8 Å². The molecule has 0 aliphatic carbocycles. The van der Waals surface area contributed by atoms with Gasteiger partial charge in [0, 0.05) is 29.5 Å². The molecule has 0 bridgehead atoms.